The summed E-state index contributed by atoms with van der Waals surface area (Å²) < 4.78 is 0. The van der Waals surface area contributed by atoms with Crippen LogP contribution in [0, 0.1) is 5.92 Å². The van der Waals surface area contributed by atoms with Gasteiger partial charge in [0.25, 0.3) is 0 Å². The summed E-state index contributed by atoms with van der Waals surface area (Å²) >= 11 is 7.74. The Balaban J connectivity index is 1.50. The number of rotatable bonds is 4. The summed E-state index contributed by atoms with van der Waals surface area (Å²) in [6, 6.07) is 12.5. The highest BCUT2D eigenvalue weighted by Crippen LogP contribution is 2.42. The summed E-state index contributed by atoms with van der Waals surface area (Å²) in [5, 5.41) is 6.12. The van der Waals surface area contributed by atoms with Crippen molar-refractivity contribution in [1.82, 2.24) is 10.2 Å². The highest BCUT2D eigenvalue weighted by atomic mass is 35.5. The largest absolute Gasteiger partial charge is 0.331 e. The van der Waals surface area contributed by atoms with Crippen LogP contribution in [0.2, 0.25) is 5.02 Å². The van der Waals surface area contributed by atoms with Crippen molar-refractivity contribution in [3.05, 3.63) is 57.2 Å². The number of carbonyl (C=O) groups is 1. The Morgan fingerprint density at radius 1 is 1.21 bits per heavy atom. The van der Waals surface area contributed by atoms with E-state index in [9.17, 15) is 4.79 Å². The number of thiophene rings is 1. The van der Waals surface area contributed by atoms with E-state index in [-0.39, 0.29) is 18.1 Å². The molecule has 1 aliphatic heterocycles. The number of nitrogens with zero attached hydrogens (tertiary/aromatic N) is 1. The first-order valence-electron chi connectivity index (χ1n) is 8.58. The molecule has 5 heteroatoms. The van der Waals surface area contributed by atoms with Gasteiger partial charge in [-0.25, -0.2) is 4.79 Å². The third-order valence-electron chi connectivity index (χ3n) is 4.99. The highest BCUT2D eigenvalue weighted by Gasteiger charge is 2.37. The van der Waals surface area contributed by atoms with Crippen LogP contribution in [0.1, 0.15) is 48.2 Å². The predicted molar refractivity (Wildman–Crippen MR) is 98.4 cm³/mol. The molecule has 2 unspecified atom stereocenters. The van der Waals surface area contributed by atoms with Crippen LogP contribution in [-0.2, 0) is 0 Å². The van der Waals surface area contributed by atoms with Crippen molar-refractivity contribution in [1.29, 1.82) is 0 Å². The molecule has 2 amide bonds. The fourth-order valence-electron chi connectivity index (χ4n) is 3.58. The van der Waals surface area contributed by atoms with Gasteiger partial charge in [-0.05, 0) is 60.7 Å². The van der Waals surface area contributed by atoms with E-state index in [0.29, 0.717) is 5.92 Å². The quantitative estimate of drug-likeness (QED) is 0.777. The minimum Gasteiger partial charge on any atom is -0.331 e. The standard InChI is InChI=1S/C19H21ClN2OS/c20-15-9-7-14(8-10-15)18(13-5-6-13)21-19(23)22-11-1-3-16(22)17-4-2-12-24-17/h2,4,7-10,12-13,16,18H,1,3,5-6,11H2,(H,21,23). The van der Waals surface area contributed by atoms with E-state index in [0.717, 1.165) is 30.0 Å². The first-order valence-corrected chi connectivity index (χ1v) is 9.84. The number of carbonyl (C=O) groups excluding carboxylic acids is 1. The average molecular weight is 361 g/mol. The Morgan fingerprint density at radius 3 is 2.67 bits per heavy atom. The van der Waals surface area contributed by atoms with Crippen LogP contribution >= 0.6 is 22.9 Å². The molecule has 4 rings (SSSR count). The number of nitrogens with one attached hydrogen (secondary N) is 1. The number of benzene rings is 1. The highest BCUT2D eigenvalue weighted by molar-refractivity contribution is 7.10. The summed E-state index contributed by atoms with van der Waals surface area (Å²) in [5.41, 5.74) is 1.15. The smallest absolute Gasteiger partial charge is 0.318 e. The number of hydrogen-bond donors (Lipinski definition) is 1. The zero-order valence-corrected chi connectivity index (χ0v) is 15.0. The lowest BCUT2D eigenvalue weighted by Gasteiger charge is -2.28. The summed E-state index contributed by atoms with van der Waals surface area (Å²) in [6.45, 7) is 0.840. The lowest BCUT2D eigenvalue weighted by atomic mass is 10.0. The summed E-state index contributed by atoms with van der Waals surface area (Å²) in [7, 11) is 0. The predicted octanol–water partition coefficient (Wildman–Crippen LogP) is 5.40. The first kappa shape index (κ1) is 16.0. The van der Waals surface area contributed by atoms with Crippen molar-refractivity contribution >= 4 is 29.0 Å². The van der Waals surface area contributed by atoms with Crippen LogP contribution in [0.3, 0.4) is 0 Å². The van der Waals surface area contributed by atoms with Crippen molar-refractivity contribution in [3.63, 3.8) is 0 Å². The second-order valence-electron chi connectivity index (χ2n) is 6.68. The molecule has 1 aromatic carbocycles. The maximum atomic E-state index is 12.9. The topological polar surface area (TPSA) is 32.3 Å². The molecule has 0 bridgehead atoms. The summed E-state index contributed by atoms with van der Waals surface area (Å²) in [5.74, 6) is 0.554. The van der Waals surface area contributed by atoms with Gasteiger partial charge < -0.3 is 10.2 Å². The van der Waals surface area contributed by atoms with E-state index >= 15 is 0 Å². The molecule has 2 atom stereocenters. The van der Waals surface area contributed by atoms with E-state index in [2.05, 4.69) is 22.8 Å². The van der Waals surface area contributed by atoms with Crippen molar-refractivity contribution in [2.75, 3.05) is 6.54 Å². The van der Waals surface area contributed by atoms with Gasteiger partial charge in [0.15, 0.2) is 0 Å². The Morgan fingerprint density at radius 2 is 2.00 bits per heavy atom. The van der Waals surface area contributed by atoms with Gasteiger partial charge in [0, 0.05) is 16.4 Å². The SMILES string of the molecule is O=C(NC(c1ccc(Cl)cc1)C1CC1)N1CCCC1c1cccs1. The normalized spacial score (nSPS) is 21.7. The van der Waals surface area contributed by atoms with Gasteiger partial charge in [0.2, 0.25) is 0 Å². The van der Waals surface area contributed by atoms with Gasteiger partial charge in [-0.2, -0.15) is 0 Å². The summed E-state index contributed by atoms with van der Waals surface area (Å²) in [4.78, 5) is 16.2. The Kier molecular flexibility index (Phi) is 4.51. The van der Waals surface area contributed by atoms with E-state index < -0.39 is 0 Å². The molecule has 1 saturated heterocycles. The van der Waals surface area contributed by atoms with Gasteiger partial charge >= 0.3 is 6.03 Å². The molecule has 2 heterocycles. The second-order valence-corrected chi connectivity index (χ2v) is 8.10. The van der Waals surface area contributed by atoms with Gasteiger partial charge in [-0.3, -0.25) is 0 Å². The maximum absolute atomic E-state index is 12.9. The number of halogens is 1. The lowest BCUT2D eigenvalue weighted by molar-refractivity contribution is 0.188. The number of amides is 2. The molecule has 1 saturated carbocycles. The van der Waals surface area contributed by atoms with Crippen molar-refractivity contribution in [2.45, 2.75) is 37.8 Å². The van der Waals surface area contributed by atoms with Gasteiger partial charge in [-0.15, -0.1) is 11.3 Å². The minimum absolute atomic E-state index is 0.0674. The lowest BCUT2D eigenvalue weighted by Crippen LogP contribution is -2.41. The van der Waals surface area contributed by atoms with Crippen LogP contribution < -0.4 is 5.32 Å². The fourth-order valence-corrected chi connectivity index (χ4v) is 4.57. The average Bonchev–Trinajstić information content (AvgIpc) is 3.09. The molecule has 1 N–H and O–H groups in total. The fraction of sp³-hybridized carbons (Fsp3) is 0.421. The van der Waals surface area contributed by atoms with Crippen LogP contribution in [-0.4, -0.2) is 17.5 Å². The zero-order chi connectivity index (χ0) is 16.5. The van der Waals surface area contributed by atoms with Crippen molar-refractivity contribution in [3.8, 4) is 0 Å². The van der Waals surface area contributed by atoms with Crippen LogP contribution in [0.4, 0.5) is 4.79 Å². The number of urea groups is 1. The molecule has 2 fully saturated rings. The molecule has 2 aliphatic rings. The molecule has 1 aliphatic carbocycles. The van der Waals surface area contributed by atoms with Crippen LogP contribution in [0.5, 0.6) is 0 Å². The van der Waals surface area contributed by atoms with E-state index in [1.165, 1.54) is 17.7 Å². The Labute approximate surface area is 151 Å². The van der Waals surface area contributed by atoms with Crippen LogP contribution in [0.15, 0.2) is 41.8 Å². The molecule has 1 aromatic heterocycles. The zero-order valence-electron chi connectivity index (χ0n) is 13.5. The Hall–Kier alpha value is -1.52. The first-order chi connectivity index (χ1) is 11.7. The molecule has 24 heavy (non-hydrogen) atoms. The minimum atomic E-state index is 0.0674. The molecule has 2 aromatic rings. The second kappa shape index (κ2) is 6.77. The maximum Gasteiger partial charge on any atom is 0.318 e. The molecule has 126 valence electrons. The van der Waals surface area contributed by atoms with Gasteiger partial charge in [0.1, 0.15) is 0 Å². The van der Waals surface area contributed by atoms with E-state index in [4.69, 9.17) is 11.6 Å². The third-order valence-corrected chi connectivity index (χ3v) is 6.21. The number of likely N-dealkylation sites (tertiary alicyclic amines) is 1. The number of hydrogen-bond acceptors (Lipinski definition) is 2. The van der Waals surface area contributed by atoms with Crippen LogP contribution in [0.25, 0.3) is 0 Å². The monoisotopic (exact) mass is 360 g/mol. The third kappa shape index (κ3) is 3.31. The van der Waals surface area contributed by atoms with Crippen molar-refractivity contribution < 1.29 is 4.79 Å². The van der Waals surface area contributed by atoms with Gasteiger partial charge in [-0.1, -0.05) is 29.8 Å². The molecule has 0 spiro atoms. The Bertz CT molecular complexity index is 697. The molecular weight excluding hydrogens is 340 g/mol. The van der Waals surface area contributed by atoms with Gasteiger partial charge in [0.05, 0.1) is 12.1 Å². The van der Waals surface area contributed by atoms with E-state index in [1.54, 1.807) is 11.3 Å². The van der Waals surface area contributed by atoms with Crippen molar-refractivity contribution in [2.24, 2.45) is 5.92 Å². The molecular formula is C19H21ClN2OS. The summed E-state index contributed by atoms with van der Waals surface area (Å²) in [6.07, 6.45) is 4.50. The molecule has 0 radical (unpaired) electrons. The van der Waals surface area contributed by atoms with E-state index in [1.807, 2.05) is 29.2 Å². The molecule has 3 nitrogen and oxygen atoms in total.